The summed E-state index contributed by atoms with van der Waals surface area (Å²) >= 11 is 7.39. The number of nitrogens with one attached hydrogen (secondary N) is 1. The Kier molecular flexibility index (Phi) is 9.55. The number of rotatable bonds is 10. The summed E-state index contributed by atoms with van der Waals surface area (Å²) in [6.45, 7) is -0.177. The Morgan fingerprint density at radius 2 is 1.91 bits per heavy atom. The van der Waals surface area contributed by atoms with E-state index in [1.54, 1.807) is 49.7 Å². The summed E-state index contributed by atoms with van der Waals surface area (Å²) in [5, 5.41) is 11.9. The lowest BCUT2D eigenvalue weighted by atomic mass is 10.2. The van der Waals surface area contributed by atoms with E-state index in [9.17, 15) is 14.0 Å². The molecule has 4 aromatic rings. The predicted octanol–water partition coefficient (Wildman–Crippen LogP) is 6.60. The van der Waals surface area contributed by atoms with E-state index in [4.69, 9.17) is 25.5 Å². The minimum absolute atomic E-state index is 0.148. The van der Waals surface area contributed by atoms with Crippen molar-refractivity contribution in [2.24, 2.45) is 10.2 Å². The molecule has 1 fully saturated rings. The molecular weight excluding hydrogens is 595 g/mol. The molecule has 0 saturated carbocycles. The maximum absolute atomic E-state index is 13.5. The van der Waals surface area contributed by atoms with Gasteiger partial charge in [-0.3, -0.25) is 14.5 Å². The molecule has 1 aliphatic rings. The monoisotopic (exact) mass is 618 g/mol. The van der Waals surface area contributed by atoms with Gasteiger partial charge < -0.3 is 19.2 Å². The summed E-state index contributed by atoms with van der Waals surface area (Å²) in [5.74, 6) is 0.450. The number of amidine groups is 1. The number of anilines is 1. The van der Waals surface area contributed by atoms with Crippen LogP contribution in [-0.2, 0) is 16.1 Å². The molecule has 12 heteroatoms. The highest BCUT2D eigenvalue weighted by Gasteiger charge is 2.34. The number of halogens is 2. The van der Waals surface area contributed by atoms with Crippen LogP contribution in [0.25, 0.3) is 6.08 Å². The van der Waals surface area contributed by atoms with Gasteiger partial charge in [-0.05, 0) is 102 Å². The largest absolute Gasteiger partial charge is 0.497 e. The van der Waals surface area contributed by atoms with Gasteiger partial charge in [0, 0.05) is 16.3 Å². The highest BCUT2D eigenvalue weighted by atomic mass is 35.5. The molecule has 1 aromatic heterocycles. The molecule has 0 radical (unpaired) electrons. The third-order valence-electron chi connectivity index (χ3n) is 5.99. The molecule has 9 nitrogen and oxygen atoms in total. The van der Waals surface area contributed by atoms with Crippen LogP contribution in [0.15, 0.2) is 105 Å². The van der Waals surface area contributed by atoms with Crippen molar-refractivity contribution in [3.05, 3.63) is 118 Å². The first-order valence-electron chi connectivity index (χ1n) is 12.8. The third-order valence-corrected chi connectivity index (χ3v) is 7.23. The lowest BCUT2D eigenvalue weighted by molar-refractivity contribution is -0.122. The van der Waals surface area contributed by atoms with Crippen LogP contribution in [-0.4, -0.2) is 41.8 Å². The van der Waals surface area contributed by atoms with Gasteiger partial charge in [0.25, 0.3) is 11.8 Å². The lowest BCUT2D eigenvalue weighted by Gasteiger charge is -2.13. The molecular formula is C31H24ClFN4O5S. The standard InChI is InChI=1S/C31H24ClFN4O5S/c1-40-25-11-4-20(5-12-25)17-34-36-31-37(18-26-3-2-14-41-26)30(39)28(43-31)16-21-15-22(32)6-13-27(21)42-19-29(38)35-24-9-7-23(33)8-10-24/h2-17H,18-19H2,1H3,(H,35,38)/b28-16-,34-17-,36-31+. The van der Waals surface area contributed by atoms with Crippen LogP contribution in [0.3, 0.4) is 0 Å². The van der Waals surface area contributed by atoms with Gasteiger partial charge in [0.05, 0.1) is 31.0 Å². The Labute approximate surface area is 255 Å². The average molecular weight is 619 g/mol. The van der Waals surface area contributed by atoms with Gasteiger partial charge in [-0.25, -0.2) is 4.39 Å². The van der Waals surface area contributed by atoms with Crippen molar-refractivity contribution < 1.29 is 27.9 Å². The van der Waals surface area contributed by atoms with E-state index >= 15 is 0 Å². The molecule has 2 amide bonds. The molecule has 0 unspecified atom stereocenters. The summed E-state index contributed by atoms with van der Waals surface area (Å²) in [5.41, 5.74) is 1.72. The zero-order chi connectivity index (χ0) is 30.2. The normalized spacial score (nSPS) is 15.0. The van der Waals surface area contributed by atoms with Gasteiger partial charge in [0.15, 0.2) is 11.8 Å². The van der Waals surface area contributed by atoms with Gasteiger partial charge in [-0.2, -0.15) is 5.10 Å². The van der Waals surface area contributed by atoms with Crippen LogP contribution in [0.5, 0.6) is 11.5 Å². The lowest BCUT2D eigenvalue weighted by Crippen LogP contribution is -2.28. The number of benzene rings is 3. The fraction of sp³-hybridized carbons (Fsp3) is 0.0968. The second-order valence-corrected chi connectivity index (χ2v) is 10.5. The van der Waals surface area contributed by atoms with Crippen LogP contribution < -0.4 is 14.8 Å². The van der Waals surface area contributed by atoms with Gasteiger partial charge in [-0.15, -0.1) is 5.10 Å². The number of hydrogen-bond donors (Lipinski definition) is 1. The molecule has 1 N–H and O–H groups in total. The molecule has 0 atom stereocenters. The minimum atomic E-state index is -0.444. The summed E-state index contributed by atoms with van der Waals surface area (Å²) in [6.07, 6.45) is 4.72. The molecule has 0 aliphatic carbocycles. The Hall–Kier alpha value is -4.87. The molecule has 1 aliphatic heterocycles. The Morgan fingerprint density at radius 3 is 2.63 bits per heavy atom. The van der Waals surface area contributed by atoms with Crippen molar-refractivity contribution in [1.82, 2.24) is 4.90 Å². The maximum Gasteiger partial charge on any atom is 0.267 e. The van der Waals surface area contributed by atoms with Crippen molar-refractivity contribution >= 4 is 58.3 Å². The number of furan rings is 1. The summed E-state index contributed by atoms with van der Waals surface area (Å²) in [6, 6.07) is 21.0. The molecule has 0 spiro atoms. The van der Waals surface area contributed by atoms with E-state index in [1.807, 2.05) is 24.3 Å². The molecule has 0 bridgehead atoms. The SMILES string of the molecule is COc1ccc(/C=N\N=C2\S/C(=C\c3cc(Cl)ccc3OCC(=O)Nc3ccc(F)cc3)C(=O)N2Cc2ccco2)cc1. The van der Waals surface area contributed by atoms with E-state index < -0.39 is 11.7 Å². The number of nitrogens with zero attached hydrogens (tertiary/aromatic N) is 3. The van der Waals surface area contributed by atoms with Gasteiger partial charge >= 0.3 is 0 Å². The Balaban J connectivity index is 1.36. The summed E-state index contributed by atoms with van der Waals surface area (Å²) < 4.78 is 29.6. The van der Waals surface area contributed by atoms with Crippen molar-refractivity contribution in [3.63, 3.8) is 0 Å². The zero-order valence-electron chi connectivity index (χ0n) is 22.7. The van der Waals surface area contributed by atoms with Crippen molar-refractivity contribution in [2.75, 3.05) is 19.0 Å². The van der Waals surface area contributed by atoms with Gasteiger partial charge in [-0.1, -0.05) is 11.6 Å². The van der Waals surface area contributed by atoms with Crippen LogP contribution in [0, 0.1) is 5.82 Å². The van der Waals surface area contributed by atoms with E-state index in [0.717, 1.165) is 23.1 Å². The second kappa shape index (κ2) is 13.9. The minimum Gasteiger partial charge on any atom is -0.497 e. The first kappa shape index (κ1) is 29.6. The maximum atomic E-state index is 13.5. The Bertz CT molecular complexity index is 1690. The molecule has 2 heterocycles. The fourth-order valence-electron chi connectivity index (χ4n) is 3.89. The highest BCUT2D eigenvalue weighted by molar-refractivity contribution is 8.18. The summed E-state index contributed by atoms with van der Waals surface area (Å²) in [7, 11) is 1.59. The van der Waals surface area contributed by atoms with Gasteiger partial charge in [0.2, 0.25) is 0 Å². The topological polar surface area (TPSA) is 106 Å². The number of thioether (sulfide) groups is 1. The number of methoxy groups -OCH3 is 1. The van der Waals surface area contributed by atoms with Crippen LogP contribution in [0.1, 0.15) is 16.9 Å². The zero-order valence-corrected chi connectivity index (χ0v) is 24.3. The highest BCUT2D eigenvalue weighted by Crippen LogP contribution is 2.36. The molecule has 5 rings (SSSR count). The second-order valence-electron chi connectivity index (χ2n) is 9.01. The molecule has 1 saturated heterocycles. The molecule has 218 valence electrons. The fourth-order valence-corrected chi connectivity index (χ4v) is 5.00. The van der Waals surface area contributed by atoms with Crippen LogP contribution >= 0.6 is 23.4 Å². The third kappa shape index (κ3) is 7.91. The van der Waals surface area contributed by atoms with E-state index in [2.05, 4.69) is 15.5 Å². The molecule has 3 aromatic carbocycles. The number of ether oxygens (including phenoxy) is 2. The quantitative estimate of drug-likeness (QED) is 0.122. The smallest absolute Gasteiger partial charge is 0.267 e. The number of carbonyl (C=O) groups is 2. The first-order chi connectivity index (χ1) is 20.9. The van der Waals surface area contributed by atoms with Crippen LogP contribution in [0.2, 0.25) is 5.02 Å². The van der Waals surface area contributed by atoms with Crippen LogP contribution in [0.4, 0.5) is 10.1 Å². The van der Waals surface area contributed by atoms with Crippen molar-refractivity contribution in [3.8, 4) is 11.5 Å². The van der Waals surface area contributed by atoms with Crippen molar-refractivity contribution in [2.45, 2.75) is 6.54 Å². The van der Waals surface area contributed by atoms with E-state index in [0.29, 0.717) is 37.9 Å². The molecule has 43 heavy (non-hydrogen) atoms. The first-order valence-corrected chi connectivity index (χ1v) is 14.0. The number of hydrogen-bond acceptors (Lipinski definition) is 8. The Morgan fingerprint density at radius 1 is 1.12 bits per heavy atom. The van der Waals surface area contributed by atoms with Gasteiger partial charge in [0.1, 0.15) is 23.1 Å². The van der Waals surface area contributed by atoms with E-state index in [-0.39, 0.29) is 19.1 Å². The van der Waals surface area contributed by atoms with E-state index in [1.165, 1.54) is 35.4 Å². The number of amides is 2. The predicted molar refractivity (Wildman–Crippen MR) is 165 cm³/mol. The summed E-state index contributed by atoms with van der Waals surface area (Å²) in [4.78, 5) is 27.8. The van der Waals surface area contributed by atoms with Crippen molar-refractivity contribution in [1.29, 1.82) is 0 Å². The number of carbonyl (C=O) groups excluding carboxylic acids is 2. The average Bonchev–Trinajstić information content (AvgIpc) is 3.63.